The number of nitrogens with zero attached hydrogens (tertiary/aromatic N) is 1. The Labute approximate surface area is 228 Å². The first-order valence-corrected chi connectivity index (χ1v) is 14.5. The van der Waals surface area contributed by atoms with Gasteiger partial charge in [-0.15, -0.1) is 11.8 Å². The van der Waals surface area contributed by atoms with E-state index >= 15 is 0 Å². The van der Waals surface area contributed by atoms with Crippen molar-refractivity contribution in [3.63, 3.8) is 0 Å². The Kier molecular flexibility index (Phi) is 7.56. The van der Waals surface area contributed by atoms with E-state index in [2.05, 4.69) is 24.5 Å². The molecular formula is C30H37N3O4S. The Balaban J connectivity index is 1.53. The third-order valence-corrected chi connectivity index (χ3v) is 10.5. The van der Waals surface area contributed by atoms with Crippen LogP contribution in [0.1, 0.15) is 57.6 Å². The zero-order valence-electron chi connectivity index (χ0n) is 22.1. The molecule has 3 aliphatic rings. The third kappa shape index (κ3) is 4.41. The van der Waals surface area contributed by atoms with Crippen LogP contribution >= 0.6 is 11.8 Å². The molecule has 2 aromatic carbocycles. The second-order valence-electron chi connectivity index (χ2n) is 10.9. The lowest BCUT2D eigenvalue weighted by molar-refractivity contribution is -0.142. The molecule has 5 rings (SSSR count). The predicted octanol–water partition coefficient (Wildman–Crippen LogP) is 4.15. The number of unbranched alkanes of at least 4 members (excludes halogenated alkanes) is 2. The van der Waals surface area contributed by atoms with Crippen LogP contribution in [0.15, 0.2) is 60.7 Å². The summed E-state index contributed by atoms with van der Waals surface area (Å²) in [6.07, 6.45) is 4.35. The van der Waals surface area contributed by atoms with Crippen LogP contribution in [-0.4, -0.2) is 56.4 Å². The van der Waals surface area contributed by atoms with Crippen molar-refractivity contribution in [1.29, 1.82) is 0 Å². The maximum absolute atomic E-state index is 14.4. The predicted molar refractivity (Wildman–Crippen MR) is 149 cm³/mol. The van der Waals surface area contributed by atoms with Crippen molar-refractivity contribution in [3.8, 4) is 0 Å². The van der Waals surface area contributed by atoms with Gasteiger partial charge in [-0.1, -0.05) is 68.3 Å². The lowest BCUT2D eigenvalue weighted by Crippen LogP contribution is -2.54. The molecule has 0 aliphatic carbocycles. The van der Waals surface area contributed by atoms with Crippen molar-refractivity contribution >= 4 is 35.2 Å². The molecule has 202 valence electrons. The van der Waals surface area contributed by atoms with Crippen LogP contribution in [0, 0.1) is 11.8 Å². The average Bonchev–Trinajstić information content (AvgIpc) is 3.49. The number of fused-ring (bicyclic) bond motifs is 1. The van der Waals surface area contributed by atoms with E-state index in [0.29, 0.717) is 18.7 Å². The summed E-state index contributed by atoms with van der Waals surface area (Å²) in [6.45, 7) is 4.42. The maximum atomic E-state index is 14.4. The SMILES string of the molecule is CCCCCNC(=O)C1N([C@H](CO)c2ccccc2)C(=O)[C@@H]2[C@@H](C(=O)Nc3ccccc3)[C@@]3(C)CCC12S3. The zero-order chi connectivity index (χ0) is 26.9. The van der Waals surface area contributed by atoms with E-state index < -0.39 is 33.4 Å². The number of benzene rings is 2. The average molecular weight is 536 g/mol. The molecule has 2 bridgehead atoms. The molecule has 6 atom stereocenters. The Hall–Kier alpha value is -2.84. The highest BCUT2D eigenvalue weighted by atomic mass is 32.2. The van der Waals surface area contributed by atoms with Crippen molar-refractivity contribution < 1.29 is 19.5 Å². The van der Waals surface area contributed by atoms with Gasteiger partial charge in [-0.3, -0.25) is 14.4 Å². The van der Waals surface area contributed by atoms with Gasteiger partial charge in [-0.25, -0.2) is 0 Å². The number of rotatable bonds is 10. The van der Waals surface area contributed by atoms with E-state index in [-0.39, 0.29) is 24.3 Å². The highest BCUT2D eigenvalue weighted by Gasteiger charge is 2.77. The molecular weight excluding hydrogens is 498 g/mol. The van der Waals surface area contributed by atoms with Gasteiger partial charge in [0, 0.05) is 17.0 Å². The number of nitrogens with one attached hydrogen (secondary N) is 2. The largest absolute Gasteiger partial charge is 0.394 e. The van der Waals surface area contributed by atoms with Crippen molar-refractivity contribution in [3.05, 3.63) is 66.2 Å². The first-order valence-electron chi connectivity index (χ1n) is 13.7. The van der Waals surface area contributed by atoms with E-state index in [4.69, 9.17) is 0 Å². The number of carbonyl (C=O) groups excluding carboxylic acids is 3. The van der Waals surface area contributed by atoms with Gasteiger partial charge in [0.2, 0.25) is 17.7 Å². The molecule has 0 aromatic heterocycles. The monoisotopic (exact) mass is 535 g/mol. The van der Waals surface area contributed by atoms with Crippen LogP contribution in [0.4, 0.5) is 5.69 Å². The number of aliphatic hydroxyl groups excluding tert-OH is 1. The van der Waals surface area contributed by atoms with E-state index in [1.54, 1.807) is 16.7 Å². The second-order valence-corrected chi connectivity index (χ2v) is 12.8. The van der Waals surface area contributed by atoms with E-state index in [1.807, 2.05) is 60.7 Å². The number of likely N-dealkylation sites (tertiary alicyclic amines) is 1. The van der Waals surface area contributed by atoms with Crippen LogP contribution in [0.3, 0.4) is 0 Å². The lowest BCUT2D eigenvalue weighted by Gasteiger charge is -2.37. The first-order chi connectivity index (χ1) is 18.4. The van der Waals surface area contributed by atoms with E-state index in [9.17, 15) is 19.5 Å². The normalized spacial score (nSPS) is 30.2. The van der Waals surface area contributed by atoms with Gasteiger partial charge in [-0.2, -0.15) is 0 Å². The summed E-state index contributed by atoms with van der Waals surface area (Å²) >= 11 is 1.64. The van der Waals surface area contributed by atoms with Gasteiger partial charge >= 0.3 is 0 Å². The summed E-state index contributed by atoms with van der Waals surface area (Å²) < 4.78 is -1.17. The summed E-state index contributed by atoms with van der Waals surface area (Å²) in [5.41, 5.74) is 1.47. The summed E-state index contributed by atoms with van der Waals surface area (Å²) in [4.78, 5) is 43.7. The van der Waals surface area contributed by atoms with E-state index in [0.717, 1.165) is 31.2 Å². The molecule has 0 saturated carbocycles. The molecule has 3 fully saturated rings. The lowest BCUT2D eigenvalue weighted by atomic mass is 9.66. The third-order valence-electron chi connectivity index (χ3n) is 8.56. The molecule has 1 spiro atoms. The summed E-state index contributed by atoms with van der Waals surface area (Å²) in [6, 6.07) is 17.2. The highest BCUT2D eigenvalue weighted by Crippen LogP contribution is 2.72. The summed E-state index contributed by atoms with van der Waals surface area (Å²) in [5, 5.41) is 16.7. The standard InChI is InChI=1S/C30H37N3O4S/c1-3-4-11-18-31-27(36)25-30-17-16-29(2,38-30)23(26(35)32-21-14-9-6-10-15-21)24(30)28(37)33(25)22(19-34)20-12-7-5-8-13-20/h5-10,12-15,22-25,34H,3-4,11,16-19H2,1-2H3,(H,31,36)(H,32,35)/t22-,23+,24+,25?,29-,30?/m1/s1. The van der Waals surface area contributed by atoms with Crippen molar-refractivity contribution in [2.24, 2.45) is 11.8 Å². The Morgan fingerprint density at radius 1 is 1.05 bits per heavy atom. The Morgan fingerprint density at radius 2 is 1.74 bits per heavy atom. The smallest absolute Gasteiger partial charge is 0.244 e. The Bertz CT molecular complexity index is 1180. The van der Waals surface area contributed by atoms with Crippen LogP contribution in [0.2, 0.25) is 0 Å². The van der Waals surface area contributed by atoms with Crippen LogP contribution in [0.25, 0.3) is 0 Å². The van der Waals surface area contributed by atoms with Crippen LogP contribution in [0.5, 0.6) is 0 Å². The number of hydrogen-bond acceptors (Lipinski definition) is 5. The number of thioether (sulfide) groups is 1. The van der Waals surface area contributed by atoms with Gasteiger partial charge in [0.05, 0.1) is 29.2 Å². The number of carbonyl (C=O) groups is 3. The highest BCUT2D eigenvalue weighted by molar-refractivity contribution is 8.02. The zero-order valence-corrected chi connectivity index (χ0v) is 22.9. The molecule has 3 heterocycles. The molecule has 2 unspecified atom stereocenters. The van der Waals surface area contributed by atoms with Crippen molar-refractivity contribution in [1.82, 2.24) is 10.2 Å². The summed E-state index contributed by atoms with van der Waals surface area (Å²) in [5.74, 6) is -1.81. The molecule has 3 N–H and O–H groups in total. The fraction of sp³-hybridized carbons (Fsp3) is 0.500. The molecule has 8 heteroatoms. The van der Waals surface area contributed by atoms with Gasteiger partial charge in [0.25, 0.3) is 0 Å². The number of amides is 3. The van der Waals surface area contributed by atoms with Gasteiger partial charge < -0.3 is 20.6 Å². The van der Waals surface area contributed by atoms with Gasteiger partial charge in [0.15, 0.2) is 0 Å². The quantitative estimate of drug-likeness (QED) is 0.397. The molecule has 3 amide bonds. The molecule has 38 heavy (non-hydrogen) atoms. The number of para-hydroxylation sites is 1. The van der Waals surface area contributed by atoms with Crippen LogP contribution < -0.4 is 10.6 Å². The molecule has 2 aromatic rings. The maximum Gasteiger partial charge on any atom is 0.244 e. The topological polar surface area (TPSA) is 98.7 Å². The summed E-state index contributed by atoms with van der Waals surface area (Å²) in [7, 11) is 0. The minimum atomic E-state index is -0.764. The van der Waals surface area contributed by atoms with Crippen molar-refractivity contribution in [2.45, 2.75) is 67.5 Å². The molecule has 3 aliphatic heterocycles. The molecule has 0 radical (unpaired) electrons. The minimum absolute atomic E-state index is 0.185. The number of anilines is 1. The van der Waals surface area contributed by atoms with Gasteiger partial charge in [-0.05, 0) is 43.9 Å². The number of hydrogen-bond donors (Lipinski definition) is 3. The molecule has 7 nitrogen and oxygen atoms in total. The van der Waals surface area contributed by atoms with Gasteiger partial charge in [0.1, 0.15) is 6.04 Å². The minimum Gasteiger partial charge on any atom is -0.394 e. The van der Waals surface area contributed by atoms with E-state index in [1.165, 1.54) is 0 Å². The number of aliphatic hydroxyl groups is 1. The fourth-order valence-electron chi connectivity index (χ4n) is 6.85. The molecule has 3 saturated heterocycles. The second kappa shape index (κ2) is 10.7. The fourth-order valence-corrected chi connectivity index (χ4v) is 9.20. The first kappa shape index (κ1) is 26.8. The van der Waals surface area contributed by atoms with Crippen LogP contribution in [-0.2, 0) is 14.4 Å². The van der Waals surface area contributed by atoms with Crippen molar-refractivity contribution in [2.75, 3.05) is 18.5 Å². The Morgan fingerprint density at radius 3 is 2.39 bits per heavy atom.